The molecule has 0 fully saturated rings. The van der Waals surface area contributed by atoms with Gasteiger partial charge in [-0.15, -0.1) is 0 Å². The van der Waals surface area contributed by atoms with Gasteiger partial charge in [0, 0.05) is 32.5 Å². The minimum Gasteiger partial charge on any atom is -0.345 e. The molecule has 0 radical (unpaired) electrons. The summed E-state index contributed by atoms with van der Waals surface area (Å²) in [6.07, 6.45) is 8.14. The van der Waals surface area contributed by atoms with Crippen LogP contribution in [-0.4, -0.2) is 35.9 Å². The highest BCUT2D eigenvalue weighted by atomic mass is 16.2. The monoisotopic (exact) mass is 291 g/mol. The van der Waals surface area contributed by atoms with Crippen LogP contribution in [0.4, 0.5) is 0 Å². The Balaban J connectivity index is 2.69. The first kappa shape index (κ1) is 17.6. The van der Waals surface area contributed by atoms with E-state index in [1.165, 1.54) is 5.56 Å². The standard InChI is InChI=1S/C17H29N3O/c1-4-9-17(14-18,10-5-2)16(21)20(3)13-8-15-6-11-19-12-7-15/h6-7,11-12H,4-5,8-10,13-14,18H2,1-3H3. The van der Waals surface area contributed by atoms with Gasteiger partial charge in [0.25, 0.3) is 0 Å². The highest BCUT2D eigenvalue weighted by Gasteiger charge is 2.37. The van der Waals surface area contributed by atoms with Crippen LogP contribution < -0.4 is 5.73 Å². The van der Waals surface area contributed by atoms with E-state index < -0.39 is 0 Å². The van der Waals surface area contributed by atoms with Gasteiger partial charge < -0.3 is 10.6 Å². The topological polar surface area (TPSA) is 59.2 Å². The summed E-state index contributed by atoms with van der Waals surface area (Å²) >= 11 is 0. The van der Waals surface area contributed by atoms with Gasteiger partial charge in [0.1, 0.15) is 0 Å². The first-order chi connectivity index (χ1) is 10.1. The maximum atomic E-state index is 12.8. The van der Waals surface area contributed by atoms with E-state index in [-0.39, 0.29) is 11.3 Å². The minimum absolute atomic E-state index is 0.197. The summed E-state index contributed by atoms with van der Waals surface area (Å²) in [5.41, 5.74) is 6.79. The van der Waals surface area contributed by atoms with E-state index in [2.05, 4.69) is 18.8 Å². The second kappa shape index (κ2) is 8.78. The van der Waals surface area contributed by atoms with Gasteiger partial charge in [0.05, 0.1) is 5.41 Å². The highest BCUT2D eigenvalue weighted by molar-refractivity contribution is 5.82. The molecule has 1 aromatic rings. The molecule has 0 saturated heterocycles. The number of carbonyl (C=O) groups is 1. The molecule has 0 aliphatic carbocycles. The van der Waals surface area contributed by atoms with E-state index in [1.54, 1.807) is 12.4 Å². The van der Waals surface area contributed by atoms with Crippen molar-refractivity contribution in [2.45, 2.75) is 46.0 Å². The molecule has 0 atom stereocenters. The first-order valence-electron chi connectivity index (χ1n) is 7.94. The number of amides is 1. The smallest absolute Gasteiger partial charge is 0.229 e. The van der Waals surface area contributed by atoms with Crippen molar-refractivity contribution in [2.75, 3.05) is 20.1 Å². The fraction of sp³-hybridized carbons (Fsp3) is 0.647. The lowest BCUT2D eigenvalue weighted by molar-refractivity contribution is -0.141. The quantitative estimate of drug-likeness (QED) is 0.761. The van der Waals surface area contributed by atoms with Crippen molar-refractivity contribution in [3.8, 4) is 0 Å². The van der Waals surface area contributed by atoms with Gasteiger partial charge in [-0.1, -0.05) is 26.7 Å². The molecule has 0 aliphatic rings. The second-order valence-corrected chi connectivity index (χ2v) is 5.82. The normalized spacial score (nSPS) is 11.4. The molecule has 0 bridgehead atoms. The molecule has 0 spiro atoms. The van der Waals surface area contributed by atoms with Crippen LogP contribution in [0.25, 0.3) is 0 Å². The van der Waals surface area contributed by atoms with Crippen molar-refractivity contribution in [1.82, 2.24) is 9.88 Å². The Morgan fingerprint density at radius 1 is 1.24 bits per heavy atom. The van der Waals surface area contributed by atoms with E-state index in [0.29, 0.717) is 6.54 Å². The van der Waals surface area contributed by atoms with Crippen molar-refractivity contribution < 1.29 is 4.79 Å². The van der Waals surface area contributed by atoms with E-state index in [0.717, 1.165) is 38.6 Å². The van der Waals surface area contributed by atoms with Gasteiger partial charge in [-0.3, -0.25) is 9.78 Å². The molecule has 21 heavy (non-hydrogen) atoms. The third-order valence-electron chi connectivity index (χ3n) is 4.13. The van der Waals surface area contributed by atoms with Gasteiger partial charge in [-0.05, 0) is 37.0 Å². The number of likely N-dealkylation sites (N-methyl/N-ethyl adjacent to an activating group) is 1. The average molecular weight is 291 g/mol. The molecule has 4 heteroatoms. The molecule has 1 amide bonds. The summed E-state index contributed by atoms with van der Waals surface area (Å²) in [5, 5.41) is 0. The van der Waals surface area contributed by atoms with Gasteiger partial charge in [0.2, 0.25) is 5.91 Å². The second-order valence-electron chi connectivity index (χ2n) is 5.82. The van der Waals surface area contributed by atoms with E-state index >= 15 is 0 Å². The zero-order valence-electron chi connectivity index (χ0n) is 13.6. The lowest BCUT2D eigenvalue weighted by Gasteiger charge is -2.35. The first-order valence-corrected chi connectivity index (χ1v) is 7.94. The lowest BCUT2D eigenvalue weighted by Crippen LogP contribution is -2.47. The van der Waals surface area contributed by atoms with Crippen molar-refractivity contribution in [2.24, 2.45) is 11.1 Å². The lowest BCUT2D eigenvalue weighted by atomic mass is 9.78. The molecular formula is C17H29N3O. The molecule has 0 aliphatic heterocycles. The van der Waals surface area contributed by atoms with Crippen LogP contribution >= 0.6 is 0 Å². The van der Waals surface area contributed by atoms with E-state index in [1.807, 2.05) is 24.1 Å². The van der Waals surface area contributed by atoms with Crippen LogP contribution in [0.1, 0.15) is 45.1 Å². The molecule has 118 valence electrons. The number of nitrogens with zero attached hydrogens (tertiary/aromatic N) is 2. The number of nitrogens with two attached hydrogens (primary N) is 1. The van der Waals surface area contributed by atoms with Crippen molar-refractivity contribution >= 4 is 5.91 Å². The SMILES string of the molecule is CCCC(CN)(CCC)C(=O)N(C)CCc1ccncc1. The van der Waals surface area contributed by atoms with Crippen molar-refractivity contribution in [3.63, 3.8) is 0 Å². The molecule has 0 saturated carbocycles. The number of pyridine rings is 1. The highest BCUT2D eigenvalue weighted by Crippen LogP contribution is 2.31. The molecule has 1 rings (SSSR count). The Labute approximate surface area is 128 Å². The van der Waals surface area contributed by atoms with Crippen LogP contribution in [0.5, 0.6) is 0 Å². The van der Waals surface area contributed by atoms with E-state index in [9.17, 15) is 4.79 Å². The Morgan fingerprint density at radius 2 is 1.81 bits per heavy atom. The predicted octanol–water partition coefficient (Wildman–Crippen LogP) is 2.63. The zero-order valence-corrected chi connectivity index (χ0v) is 13.6. The van der Waals surface area contributed by atoms with Crippen LogP contribution in [0.3, 0.4) is 0 Å². The largest absolute Gasteiger partial charge is 0.345 e. The van der Waals surface area contributed by atoms with Crippen LogP contribution in [-0.2, 0) is 11.2 Å². The fourth-order valence-electron chi connectivity index (χ4n) is 2.94. The molecule has 1 heterocycles. The predicted molar refractivity (Wildman–Crippen MR) is 86.9 cm³/mol. The zero-order chi connectivity index (χ0) is 15.7. The Morgan fingerprint density at radius 3 is 2.29 bits per heavy atom. The molecule has 4 nitrogen and oxygen atoms in total. The summed E-state index contributed by atoms with van der Waals surface area (Å²) in [6, 6.07) is 3.99. The average Bonchev–Trinajstić information content (AvgIpc) is 2.52. The van der Waals surface area contributed by atoms with Crippen LogP contribution in [0, 0.1) is 5.41 Å². The summed E-state index contributed by atoms with van der Waals surface area (Å²) < 4.78 is 0. The number of hydrogen-bond donors (Lipinski definition) is 1. The molecule has 1 aromatic heterocycles. The molecule has 2 N–H and O–H groups in total. The summed E-state index contributed by atoms with van der Waals surface area (Å²) in [5.74, 6) is 0.197. The molecule has 0 aromatic carbocycles. The molecule has 0 unspecified atom stereocenters. The van der Waals surface area contributed by atoms with Crippen molar-refractivity contribution in [1.29, 1.82) is 0 Å². The summed E-state index contributed by atoms with van der Waals surface area (Å²) in [7, 11) is 1.89. The van der Waals surface area contributed by atoms with Gasteiger partial charge in [-0.2, -0.15) is 0 Å². The number of carbonyl (C=O) groups excluding carboxylic acids is 1. The maximum Gasteiger partial charge on any atom is 0.229 e. The fourth-order valence-corrected chi connectivity index (χ4v) is 2.94. The Bertz CT molecular complexity index is 413. The third kappa shape index (κ3) is 4.81. The maximum absolute atomic E-state index is 12.8. The van der Waals surface area contributed by atoms with Crippen LogP contribution in [0.2, 0.25) is 0 Å². The van der Waals surface area contributed by atoms with Gasteiger partial charge in [0.15, 0.2) is 0 Å². The Kier molecular flexibility index (Phi) is 7.37. The van der Waals surface area contributed by atoms with Crippen LogP contribution in [0.15, 0.2) is 24.5 Å². The summed E-state index contributed by atoms with van der Waals surface area (Å²) in [4.78, 5) is 18.7. The molecular weight excluding hydrogens is 262 g/mol. The number of hydrogen-bond acceptors (Lipinski definition) is 3. The van der Waals surface area contributed by atoms with E-state index in [4.69, 9.17) is 5.73 Å². The Hall–Kier alpha value is -1.42. The number of aromatic nitrogens is 1. The third-order valence-corrected chi connectivity index (χ3v) is 4.13. The van der Waals surface area contributed by atoms with Crippen molar-refractivity contribution in [3.05, 3.63) is 30.1 Å². The minimum atomic E-state index is -0.378. The number of rotatable bonds is 9. The summed E-state index contributed by atoms with van der Waals surface area (Å²) in [6.45, 7) is 5.39. The van der Waals surface area contributed by atoms with Gasteiger partial charge >= 0.3 is 0 Å². The van der Waals surface area contributed by atoms with Gasteiger partial charge in [-0.25, -0.2) is 0 Å².